The number of hydrogen-bond acceptors (Lipinski definition) is 10. The lowest BCUT2D eigenvalue weighted by Crippen LogP contribution is -2.60. The van der Waals surface area contributed by atoms with Crippen LogP contribution in [-0.4, -0.2) is 90.3 Å². The molecule has 0 bridgehead atoms. The fourth-order valence-corrected chi connectivity index (χ4v) is 8.33. The van der Waals surface area contributed by atoms with E-state index in [4.69, 9.17) is 19.2 Å². The molecule has 4 amide bonds. The summed E-state index contributed by atoms with van der Waals surface area (Å²) in [4.78, 5) is 61.9. The number of benzene rings is 2. The van der Waals surface area contributed by atoms with Gasteiger partial charge < -0.3 is 29.7 Å². The van der Waals surface area contributed by atoms with Crippen LogP contribution >= 0.6 is 0 Å². The Bertz CT molecular complexity index is 2140. The number of pyridine rings is 1. The average Bonchev–Trinajstić information content (AvgIpc) is 4.06. The first-order chi connectivity index (χ1) is 26.2. The van der Waals surface area contributed by atoms with E-state index < -0.39 is 79.7 Å². The van der Waals surface area contributed by atoms with E-state index in [-0.39, 0.29) is 19.4 Å². The second kappa shape index (κ2) is 15.1. The number of likely N-dealkylation sites (tertiary alicyclic amines) is 1. The summed E-state index contributed by atoms with van der Waals surface area (Å²) in [5, 5.41) is 5.56. The van der Waals surface area contributed by atoms with Crippen LogP contribution < -0.4 is 24.8 Å². The minimum absolute atomic E-state index is 0.0122. The number of amides is 4. The molecule has 14 nitrogen and oxygen atoms in total. The highest BCUT2D eigenvalue weighted by Gasteiger charge is 2.62. The predicted octanol–water partition coefficient (Wildman–Crippen LogP) is 4.87. The number of nitrogens with one attached hydrogen (secondary N) is 3. The molecule has 1 aromatic heterocycles. The van der Waals surface area contributed by atoms with E-state index in [2.05, 4.69) is 21.9 Å². The van der Waals surface area contributed by atoms with Crippen molar-refractivity contribution in [3.8, 4) is 22.8 Å². The Morgan fingerprint density at radius 2 is 1.71 bits per heavy atom. The maximum atomic E-state index is 14.7. The maximum absolute atomic E-state index is 14.7. The number of methoxy groups -OCH3 is 1. The lowest BCUT2D eigenvalue weighted by atomic mass is 9.85. The van der Waals surface area contributed by atoms with Crippen molar-refractivity contribution in [2.45, 2.75) is 102 Å². The van der Waals surface area contributed by atoms with Gasteiger partial charge in [0.2, 0.25) is 21.8 Å². The Kier molecular flexibility index (Phi) is 10.9. The summed E-state index contributed by atoms with van der Waals surface area (Å²) >= 11 is 0. The Labute approximate surface area is 327 Å². The van der Waals surface area contributed by atoms with Gasteiger partial charge in [-0.1, -0.05) is 57.2 Å². The van der Waals surface area contributed by atoms with Gasteiger partial charge in [0.1, 0.15) is 40.8 Å². The summed E-state index contributed by atoms with van der Waals surface area (Å²) in [6.45, 7) is 14.2. The molecular weight excluding hydrogens is 739 g/mol. The van der Waals surface area contributed by atoms with Crippen LogP contribution in [0.15, 0.2) is 67.3 Å². The third-order valence-electron chi connectivity index (χ3n) is 10.2. The fraction of sp³-hybridized carbons (Fsp3) is 0.488. The van der Waals surface area contributed by atoms with Crippen molar-refractivity contribution in [3.05, 3.63) is 67.3 Å². The third kappa shape index (κ3) is 8.77. The highest BCUT2D eigenvalue weighted by molar-refractivity contribution is 7.91. The van der Waals surface area contributed by atoms with E-state index in [1.54, 1.807) is 60.8 Å². The Balaban J connectivity index is 1.34. The van der Waals surface area contributed by atoms with Gasteiger partial charge in [0, 0.05) is 35.4 Å². The molecule has 2 aliphatic carbocycles. The normalized spacial score (nSPS) is 22.8. The minimum atomic E-state index is -3.92. The number of sulfonamides is 1. The molecule has 2 heterocycles. The number of ether oxygens (including phenoxy) is 3. The van der Waals surface area contributed by atoms with Gasteiger partial charge >= 0.3 is 6.09 Å². The number of alkyl carbamates (subject to hydrolysis) is 1. The molecule has 5 atom stereocenters. The number of hydrogen-bond donors (Lipinski definition) is 3. The van der Waals surface area contributed by atoms with Crippen LogP contribution in [0.3, 0.4) is 0 Å². The zero-order chi connectivity index (χ0) is 40.8. The van der Waals surface area contributed by atoms with Crippen LogP contribution in [0.1, 0.15) is 67.2 Å². The van der Waals surface area contributed by atoms with E-state index >= 15 is 0 Å². The molecule has 3 N–H and O–H groups in total. The quantitative estimate of drug-likeness (QED) is 0.214. The molecule has 6 rings (SSSR count). The van der Waals surface area contributed by atoms with Gasteiger partial charge in [0.15, 0.2) is 0 Å². The number of aromatic nitrogens is 1. The molecule has 15 heteroatoms. The summed E-state index contributed by atoms with van der Waals surface area (Å²) in [6.07, 6.45) is 1.01. The monoisotopic (exact) mass is 789 g/mol. The second-order valence-corrected chi connectivity index (χ2v) is 18.8. The first-order valence-corrected chi connectivity index (χ1v) is 20.3. The van der Waals surface area contributed by atoms with E-state index in [0.29, 0.717) is 40.9 Å². The molecular formula is C41H51N5O9S. The van der Waals surface area contributed by atoms with Gasteiger partial charge in [-0.25, -0.2) is 18.2 Å². The van der Waals surface area contributed by atoms with Crippen LogP contribution in [0.25, 0.3) is 22.2 Å². The molecule has 0 spiro atoms. The van der Waals surface area contributed by atoms with Crippen molar-refractivity contribution < 1.29 is 41.8 Å². The molecule has 3 aliphatic rings. The van der Waals surface area contributed by atoms with Crippen LogP contribution in [0.2, 0.25) is 0 Å². The van der Waals surface area contributed by atoms with Gasteiger partial charge in [-0.15, -0.1) is 6.58 Å². The predicted molar refractivity (Wildman–Crippen MR) is 210 cm³/mol. The molecule has 0 radical (unpaired) electrons. The smallest absolute Gasteiger partial charge is 0.408 e. The molecule has 1 aliphatic heterocycles. The molecule has 1 unspecified atom stereocenters. The minimum Gasteiger partial charge on any atom is -0.497 e. The maximum Gasteiger partial charge on any atom is 0.408 e. The van der Waals surface area contributed by atoms with E-state index in [1.165, 1.54) is 11.0 Å². The molecule has 3 fully saturated rings. The topological polar surface area (TPSA) is 182 Å². The Hall–Kier alpha value is -5.18. The molecule has 1 saturated heterocycles. The molecule has 300 valence electrons. The summed E-state index contributed by atoms with van der Waals surface area (Å²) in [6, 6.07) is 14.5. The number of fused-ring (bicyclic) bond motifs is 1. The lowest BCUT2D eigenvalue weighted by molar-refractivity contribution is -0.143. The van der Waals surface area contributed by atoms with Gasteiger partial charge in [-0.2, -0.15) is 0 Å². The molecule has 3 aromatic rings. The van der Waals surface area contributed by atoms with E-state index in [0.717, 1.165) is 5.56 Å². The first-order valence-electron chi connectivity index (χ1n) is 18.8. The van der Waals surface area contributed by atoms with Crippen molar-refractivity contribution in [3.63, 3.8) is 0 Å². The Morgan fingerprint density at radius 3 is 2.30 bits per heavy atom. The van der Waals surface area contributed by atoms with Crippen molar-refractivity contribution in [2.24, 2.45) is 11.3 Å². The third-order valence-corrected chi connectivity index (χ3v) is 12.0. The van der Waals surface area contributed by atoms with Gasteiger partial charge in [0.25, 0.3) is 5.91 Å². The number of carbonyl (C=O) groups excluding carboxylic acids is 4. The number of nitrogens with zero attached hydrogens (tertiary/aromatic N) is 2. The van der Waals surface area contributed by atoms with Gasteiger partial charge in [-0.05, 0) is 57.6 Å². The van der Waals surface area contributed by atoms with Crippen LogP contribution in [0.5, 0.6) is 11.5 Å². The van der Waals surface area contributed by atoms with Crippen molar-refractivity contribution in [1.82, 2.24) is 25.2 Å². The lowest BCUT2D eigenvalue weighted by Gasteiger charge is -2.36. The summed E-state index contributed by atoms with van der Waals surface area (Å²) < 4.78 is 45.4. The number of rotatable bonds is 12. The highest BCUT2D eigenvalue weighted by atomic mass is 32.2. The average molecular weight is 790 g/mol. The van der Waals surface area contributed by atoms with Crippen molar-refractivity contribution in [1.29, 1.82) is 0 Å². The summed E-state index contributed by atoms with van der Waals surface area (Å²) in [5.41, 5.74) is -1.16. The Morgan fingerprint density at radius 1 is 1.02 bits per heavy atom. The van der Waals surface area contributed by atoms with E-state index in [9.17, 15) is 27.6 Å². The zero-order valence-corrected chi connectivity index (χ0v) is 33.7. The van der Waals surface area contributed by atoms with Crippen molar-refractivity contribution in [2.75, 3.05) is 13.7 Å². The summed E-state index contributed by atoms with van der Waals surface area (Å²) in [7, 11) is -2.35. The standard InChI is InChI=1S/C41H51N5O9S/c1-9-25-22-41(25,37(49)45-56(51,52)28-16-17-28)44-35(47)32-20-27(23-46(32)36(48)34(39(2,3)4)43-38(50)55-40(5,6)7)54-33-21-30(24-13-11-10-12-14-24)42-31-19-26(53-8)15-18-29(31)33/h9-15,18-19,21,25,27-28,32,34H,1,16-17,20,22-23H2,2-8H3,(H,43,50)(H,44,47)(H,45,49)/t25?,27-,32+,34-,41-/m1/s1. The SMILES string of the molecule is C=CC1C[C@]1(NC(=O)[C@@H]1C[C@@H](Oc2cc(-c3ccccc3)nc3cc(OC)ccc23)CN1C(=O)[C@@H](NC(=O)OC(C)(C)C)C(C)(C)C)C(=O)NS(=O)(=O)C1CC1. The molecule has 2 saturated carbocycles. The van der Waals surface area contributed by atoms with Crippen LogP contribution in [0.4, 0.5) is 4.79 Å². The first kappa shape index (κ1) is 40.5. The second-order valence-electron chi connectivity index (χ2n) is 16.9. The summed E-state index contributed by atoms with van der Waals surface area (Å²) in [5.74, 6) is -1.56. The number of carbonyl (C=O) groups is 4. The van der Waals surface area contributed by atoms with Crippen LogP contribution in [-0.2, 0) is 29.1 Å². The van der Waals surface area contributed by atoms with Crippen molar-refractivity contribution >= 4 is 44.7 Å². The molecule has 56 heavy (non-hydrogen) atoms. The van der Waals surface area contributed by atoms with E-state index in [1.807, 2.05) is 42.5 Å². The molecule has 2 aromatic carbocycles. The largest absolute Gasteiger partial charge is 0.497 e. The van der Waals surface area contributed by atoms with Gasteiger partial charge in [0.05, 0.1) is 30.1 Å². The zero-order valence-electron chi connectivity index (χ0n) is 32.9. The fourth-order valence-electron chi connectivity index (χ4n) is 6.97. The highest BCUT2D eigenvalue weighted by Crippen LogP contribution is 2.46. The van der Waals surface area contributed by atoms with Gasteiger partial charge in [-0.3, -0.25) is 19.1 Å². The van der Waals surface area contributed by atoms with Crippen LogP contribution in [0, 0.1) is 11.3 Å².